The number of rotatable bonds is 5. The number of fused-ring (bicyclic) bond motifs is 5. The van der Waals surface area contributed by atoms with E-state index in [1.807, 2.05) is 6.92 Å². The normalized spacial score (nSPS) is 46.6. The van der Waals surface area contributed by atoms with Gasteiger partial charge in [0.25, 0.3) is 0 Å². The van der Waals surface area contributed by atoms with Gasteiger partial charge in [-0.15, -0.1) is 0 Å². The van der Waals surface area contributed by atoms with Crippen LogP contribution in [0.3, 0.4) is 0 Å². The molecule has 3 saturated carbocycles. The lowest BCUT2D eigenvalue weighted by Crippen LogP contribution is -2.55. The van der Waals surface area contributed by atoms with Gasteiger partial charge in [0.2, 0.25) is 0 Å². The van der Waals surface area contributed by atoms with Crippen molar-refractivity contribution >= 4 is 0 Å². The molecular formula is C28H46O2. The second-order valence-electron chi connectivity index (χ2n) is 12.4. The number of aliphatic hydroxyl groups is 2. The maximum atomic E-state index is 11.3. The molecule has 2 N–H and O–H groups in total. The highest BCUT2D eigenvalue weighted by Gasteiger charge is 2.59. The molecule has 2 heteroatoms. The molecule has 0 aromatic rings. The van der Waals surface area contributed by atoms with Crippen LogP contribution in [0.25, 0.3) is 0 Å². The minimum atomic E-state index is -0.447. The first kappa shape index (κ1) is 22.6. The first-order valence-corrected chi connectivity index (χ1v) is 12.9. The fourth-order valence-corrected chi connectivity index (χ4v) is 8.35. The zero-order valence-corrected chi connectivity index (χ0v) is 20.3. The second kappa shape index (κ2) is 8.07. The van der Waals surface area contributed by atoms with Crippen molar-refractivity contribution in [1.29, 1.82) is 0 Å². The van der Waals surface area contributed by atoms with Crippen molar-refractivity contribution in [2.45, 2.75) is 105 Å². The van der Waals surface area contributed by atoms with Gasteiger partial charge in [0.15, 0.2) is 0 Å². The molecule has 0 heterocycles. The molecule has 4 aliphatic rings. The minimum absolute atomic E-state index is 0.0443. The Labute approximate surface area is 185 Å². The highest BCUT2D eigenvalue weighted by molar-refractivity contribution is 5.40. The molecule has 4 rings (SSSR count). The summed E-state index contributed by atoms with van der Waals surface area (Å²) in [5, 5.41) is 21.8. The van der Waals surface area contributed by atoms with Crippen LogP contribution < -0.4 is 0 Å². The van der Waals surface area contributed by atoms with Gasteiger partial charge < -0.3 is 10.2 Å². The van der Waals surface area contributed by atoms with E-state index in [4.69, 9.17) is 0 Å². The van der Waals surface area contributed by atoms with Crippen LogP contribution in [-0.2, 0) is 0 Å². The summed E-state index contributed by atoms with van der Waals surface area (Å²) in [6, 6.07) is 0. The van der Waals surface area contributed by atoms with Crippen molar-refractivity contribution in [3.63, 3.8) is 0 Å². The maximum absolute atomic E-state index is 11.3. The number of aliphatic hydroxyl groups excluding tert-OH is 2. The summed E-state index contributed by atoms with van der Waals surface area (Å²) in [7, 11) is 0. The maximum Gasteiger partial charge on any atom is 0.0686 e. The summed E-state index contributed by atoms with van der Waals surface area (Å²) in [4.78, 5) is 0. The Kier molecular flexibility index (Phi) is 6.08. The summed E-state index contributed by atoms with van der Waals surface area (Å²) in [6.07, 6.45) is 13.9. The van der Waals surface area contributed by atoms with E-state index in [0.29, 0.717) is 17.3 Å². The van der Waals surface area contributed by atoms with E-state index in [0.717, 1.165) is 24.2 Å². The third kappa shape index (κ3) is 3.36. The first-order valence-electron chi connectivity index (χ1n) is 12.9. The molecule has 170 valence electrons. The average Bonchev–Trinajstić information content (AvgIpc) is 3.04. The zero-order valence-electron chi connectivity index (χ0n) is 20.3. The molecule has 0 bridgehead atoms. The predicted molar refractivity (Wildman–Crippen MR) is 125 cm³/mol. The third-order valence-corrected chi connectivity index (χ3v) is 10.4. The van der Waals surface area contributed by atoms with Gasteiger partial charge >= 0.3 is 0 Å². The van der Waals surface area contributed by atoms with Gasteiger partial charge in [0.05, 0.1) is 12.2 Å². The Morgan fingerprint density at radius 2 is 1.73 bits per heavy atom. The summed E-state index contributed by atoms with van der Waals surface area (Å²) >= 11 is 0. The Bertz CT molecular complexity index is 705. The predicted octanol–water partition coefficient (Wildman–Crippen LogP) is 6.53. The second-order valence-corrected chi connectivity index (χ2v) is 12.4. The third-order valence-electron chi connectivity index (χ3n) is 10.4. The Morgan fingerprint density at radius 3 is 2.43 bits per heavy atom. The minimum Gasteiger partial charge on any atom is -0.392 e. The van der Waals surface area contributed by atoms with Crippen molar-refractivity contribution in [2.75, 3.05) is 0 Å². The molecule has 0 aromatic heterocycles. The van der Waals surface area contributed by atoms with Gasteiger partial charge in [-0.2, -0.15) is 0 Å². The molecule has 0 amide bonds. The number of hydrogen-bond donors (Lipinski definition) is 2. The van der Waals surface area contributed by atoms with Gasteiger partial charge in [-0.3, -0.25) is 0 Å². The lowest BCUT2D eigenvalue weighted by Gasteiger charge is -2.57. The molecule has 0 saturated heterocycles. The molecule has 3 fully saturated rings. The Hall–Kier alpha value is -0.600. The van der Waals surface area contributed by atoms with Crippen molar-refractivity contribution in [3.05, 3.63) is 23.3 Å². The Morgan fingerprint density at radius 1 is 1.00 bits per heavy atom. The number of allylic oxidation sites excluding steroid dienone is 3. The van der Waals surface area contributed by atoms with E-state index in [1.54, 1.807) is 5.57 Å². The average molecular weight is 415 g/mol. The first-order chi connectivity index (χ1) is 14.1. The molecule has 0 spiro atoms. The SMILES string of the molecule is CC(C)CCC[C@@H](C)[C@H]1CC[C@H]2C3=CC=C4C[C@@H](O)[C@H](C)[C@H](O)[C@]4(C)[C@H]3CC[C@]12C. The smallest absolute Gasteiger partial charge is 0.0686 e. The number of hydrogen-bond acceptors (Lipinski definition) is 2. The van der Waals surface area contributed by atoms with Crippen LogP contribution in [0.2, 0.25) is 0 Å². The van der Waals surface area contributed by atoms with E-state index >= 15 is 0 Å². The Balaban J connectivity index is 1.57. The van der Waals surface area contributed by atoms with Crippen LogP contribution >= 0.6 is 0 Å². The van der Waals surface area contributed by atoms with E-state index < -0.39 is 12.2 Å². The van der Waals surface area contributed by atoms with Gasteiger partial charge in [-0.25, -0.2) is 0 Å². The highest BCUT2D eigenvalue weighted by atomic mass is 16.3. The molecule has 0 aliphatic heterocycles. The summed E-state index contributed by atoms with van der Waals surface area (Å²) in [5.41, 5.74) is 3.15. The molecular weight excluding hydrogens is 368 g/mol. The van der Waals surface area contributed by atoms with Crippen LogP contribution in [0.15, 0.2) is 23.3 Å². The molecule has 9 atom stereocenters. The van der Waals surface area contributed by atoms with Gasteiger partial charge in [0, 0.05) is 11.3 Å². The summed E-state index contributed by atoms with van der Waals surface area (Å²) in [5.74, 6) is 3.56. The van der Waals surface area contributed by atoms with Crippen LogP contribution in [0.5, 0.6) is 0 Å². The zero-order chi connectivity index (χ0) is 21.8. The van der Waals surface area contributed by atoms with Gasteiger partial charge in [-0.05, 0) is 67.1 Å². The standard InChI is InChI=1S/C28H46O2/c1-17(2)8-7-9-18(3)22-12-13-23-21-11-10-20-16-25(29)19(4)26(30)28(20,6)24(21)14-15-27(22,23)5/h10-11,17-19,22-26,29-30H,7-9,12-16H2,1-6H3/t18-,19+,22-,23+,24+,25-,26+,27-,28+/m1/s1. The molecule has 2 nitrogen and oxygen atoms in total. The molecule has 4 aliphatic carbocycles. The van der Waals surface area contributed by atoms with Gasteiger partial charge in [0.1, 0.15) is 0 Å². The fraction of sp³-hybridized carbons (Fsp3) is 0.857. The lowest BCUT2D eigenvalue weighted by atomic mass is 9.48. The fourth-order valence-electron chi connectivity index (χ4n) is 8.35. The largest absolute Gasteiger partial charge is 0.392 e. The highest BCUT2D eigenvalue weighted by Crippen LogP contribution is 2.66. The topological polar surface area (TPSA) is 40.5 Å². The van der Waals surface area contributed by atoms with Crippen LogP contribution in [0.4, 0.5) is 0 Å². The van der Waals surface area contributed by atoms with Crippen LogP contribution in [0.1, 0.15) is 92.9 Å². The lowest BCUT2D eigenvalue weighted by molar-refractivity contribution is -0.0911. The van der Waals surface area contributed by atoms with E-state index in [2.05, 4.69) is 46.8 Å². The van der Waals surface area contributed by atoms with E-state index in [-0.39, 0.29) is 11.3 Å². The monoisotopic (exact) mass is 414 g/mol. The molecule has 0 aromatic carbocycles. The molecule has 0 unspecified atom stereocenters. The van der Waals surface area contributed by atoms with Crippen molar-refractivity contribution in [2.24, 2.45) is 46.3 Å². The summed E-state index contributed by atoms with van der Waals surface area (Å²) in [6.45, 7) is 14.1. The van der Waals surface area contributed by atoms with Crippen LogP contribution in [0, 0.1) is 46.3 Å². The quantitative estimate of drug-likeness (QED) is 0.537. The van der Waals surface area contributed by atoms with E-state index in [1.165, 1.54) is 50.5 Å². The molecule has 0 radical (unpaired) electrons. The van der Waals surface area contributed by atoms with Crippen molar-refractivity contribution in [3.8, 4) is 0 Å². The van der Waals surface area contributed by atoms with Crippen molar-refractivity contribution < 1.29 is 10.2 Å². The van der Waals surface area contributed by atoms with E-state index in [9.17, 15) is 10.2 Å². The summed E-state index contributed by atoms with van der Waals surface area (Å²) < 4.78 is 0. The van der Waals surface area contributed by atoms with Crippen LogP contribution in [-0.4, -0.2) is 22.4 Å². The molecule has 30 heavy (non-hydrogen) atoms. The van der Waals surface area contributed by atoms with Gasteiger partial charge in [-0.1, -0.05) is 84.1 Å². The van der Waals surface area contributed by atoms with Crippen molar-refractivity contribution in [1.82, 2.24) is 0 Å².